The second kappa shape index (κ2) is 6.74. The molecule has 1 heterocycles. The van der Waals surface area contributed by atoms with Crippen LogP contribution in [0.4, 0.5) is 0 Å². The normalized spacial score (nSPS) is 12.3. The summed E-state index contributed by atoms with van der Waals surface area (Å²) in [5.41, 5.74) is 1.31. The van der Waals surface area contributed by atoms with Crippen LogP contribution in [0.1, 0.15) is 43.2 Å². The molecule has 4 heteroatoms. The van der Waals surface area contributed by atoms with Crippen molar-refractivity contribution in [3.8, 4) is 0 Å². The molecule has 0 saturated heterocycles. The number of aryl methyl sites for hydroxylation is 1. The van der Waals surface area contributed by atoms with Crippen molar-refractivity contribution in [3.63, 3.8) is 0 Å². The van der Waals surface area contributed by atoms with Crippen LogP contribution in [0, 0.1) is 12.8 Å². The van der Waals surface area contributed by atoms with E-state index in [0.29, 0.717) is 23.0 Å². The number of nitrogens with zero attached hydrogens (tertiary/aromatic N) is 2. The third kappa shape index (κ3) is 3.70. The van der Waals surface area contributed by atoms with Gasteiger partial charge in [0, 0.05) is 25.0 Å². The monoisotopic (exact) mass is 268 g/mol. The first-order valence-electron chi connectivity index (χ1n) is 6.41. The van der Waals surface area contributed by atoms with Gasteiger partial charge >= 0.3 is 0 Å². The Morgan fingerprint density at radius 2 is 2.17 bits per heavy atom. The summed E-state index contributed by atoms with van der Waals surface area (Å²) >= 11 is 6.11. The molecule has 18 heavy (non-hydrogen) atoms. The van der Waals surface area contributed by atoms with Gasteiger partial charge in [-0.15, -0.1) is 0 Å². The molecule has 1 unspecified atom stereocenters. The van der Waals surface area contributed by atoms with Gasteiger partial charge in [0.1, 0.15) is 0 Å². The maximum atomic E-state index is 12.4. The number of hydrogen-bond acceptors (Lipinski definition) is 2. The molecule has 1 atom stereocenters. The van der Waals surface area contributed by atoms with Crippen molar-refractivity contribution in [2.75, 3.05) is 13.1 Å². The zero-order valence-corrected chi connectivity index (χ0v) is 12.3. The molecule has 1 aromatic heterocycles. The van der Waals surface area contributed by atoms with Crippen LogP contribution >= 0.6 is 11.6 Å². The molecule has 0 spiro atoms. The third-order valence-electron chi connectivity index (χ3n) is 3.12. The highest BCUT2D eigenvalue weighted by Gasteiger charge is 2.19. The van der Waals surface area contributed by atoms with E-state index in [9.17, 15) is 4.79 Å². The van der Waals surface area contributed by atoms with Crippen molar-refractivity contribution >= 4 is 17.5 Å². The number of rotatable bonds is 5. The minimum Gasteiger partial charge on any atom is -0.339 e. The number of amides is 1. The minimum atomic E-state index is -0.0321. The summed E-state index contributed by atoms with van der Waals surface area (Å²) < 4.78 is 0. The topological polar surface area (TPSA) is 33.2 Å². The summed E-state index contributed by atoms with van der Waals surface area (Å²) in [6.07, 6.45) is 2.63. The zero-order valence-electron chi connectivity index (χ0n) is 11.5. The Bertz CT molecular complexity index is 420. The lowest BCUT2D eigenvalue weighted by Gasteiger charge is -2.24. The molecule has 0 fully saturated rings. The summed E-state index contributed by atoms with van der Waals surface area (Å²) in [6, 6.07) is 1.73. The van der Waals surface area contributed by atoms with Gasteiger partial charge in [0.25, 0.3) is 5.91 Å². The van der Waals surface area contributed by atoms with Crippen LogP contribution in [0.25, 0.3) is 0 Å². The van der Waals surface area contributed by atoms with Crippen molar-refractivity contribution < 1.29 is 4.79 Å². The molecule has 0 radical (unpaired) electrons. The fourth-order valence-corrected chi connectivity index (χ4v) is 2.00. The van der Waals surface area contributed by atoms with E-state index >= 15 is 0 Å². The van der Waals surface area contributed by atoms with E-state index in [1.54, 1.807) is 12.3 Å². The molecule has 1 aromatic rings. The number of halogens is 1. The van der Waals surface area contributed by atoms with Gasteiger partial charge in [-0.2, -0.15) is 0 Å². The van der Waals surface area contributed by atoms with Gasteiger partial charge in [-0.25, -0.2) is 0 Å². The van der Waals surface area contributed by atoms with E-state index in [1.165, 1.54) is 0 Å². The second-order valence-electron chi connectivity index (χ2n) is 4.66. The zero-order chi connectivity index (χ0) is 13.7. The highest BCUT2D eigenvalue weighted by Crippen LogP contribution is 2.18. The van der Waals surface area contributed by atoms with Crippen LogP contribution in [0.2, 0.25) is 5.02 Å². The van der Waals surface area contributed by atoms with Crippen molar-refractivity contribution in [1.29, 1.82) is 0 Å². The molecule has 0 N–H and O–H groups in total. The Labute approximate surface area is 114 Å². The highest BCUT2D eigenvalue weighted by atomic mass is 35.5. The Morgan fingerprint density at radius 1 is 1.50 bits per heavy atom. The Kier molecular flexibility index (Phi) is 5.60. The summed E-state index contributed by atoms with van der Waals surface area (Å²) in [6.45, 7) is 9.56. The Morgan fingerprint density at radius 3 is 2.67 bits per heavy atom. The smallest absolute Gasteiger partial charge is 0.256 e. The standard InChI is InChI=1S/C14H21ClN2O/c1-5-10(3)9-17(6-2)14(18)12-8-16-11(4)7-13(12)15/h7-8,10H,5-6,9H2,1-4H3. The lowest BCUT2D eigenvalue weighted by atomic mass is 10.1. The van der Waals surface area contributed by atoms with E-state index in [0.717, 1.165) is 18.7 Å². The van der Waals surface area contributed by atoms with Crippen molar-refractivity contribution in [3.05, 3.63) is 28.5 Å². The first-order valence-corrected chi connectivity index (χ1v) is 6.78. The minimum absolute atomic E-state index is 0.0321. The first kappa shape index (κ1) is 15.0. The Hall–Kier alpha value is -1.09. The molecule has 0 aromatic carbocycles. The van der Waals surface area contributed by atoms with E-state index in [2.05, 4.69) is 18.8 Å². The molecular formula is C14H21ClN2O. The molecule has 0 bridgehead atoms. The predicted molar refractivity (Wildman–Crippen MR) is 75.0 cm³/mol. The van der Waals surface area contributed by atoms with Crippen LogP contribution in [-0.2, 0) is 0 Å². The predicted octanol–water partition coefficient (Wildman–Crippen LogP) is 3.55. The molecule has 1 amide bonds. The molecule has 0 saturated carbocycles. The summed E-state index contributed by atoms with van der Waals surface area (Å²) in [7, 11) is 0. The van der Waals surface area contributed by atoms with E-state index in [4.69, 9.17) is 11.6 Å². The van der Waals surface area contributed by atoms with Crippen molar-refractivity contribution in [1.82, 2.24) is 9.88 Å². The number of pyridine rings is 1. The molecule has 0 aliphatic heterocycles. The van der Waals surface area contributed by atoms with Crippen molar-refractivity contribution in [2.45, 2.75) is 34.1 Å². The average molecular weight is 269 g/mol. The van der Waals surface area contributed by atoms with Crippen LogP contribution in [0.15, 0.2) is 12.3 Å². The fourth-order valence-electron chi connectivity index (χ4n) is 1.72. The van der Waals surface area contributed by atoms with Gasteiger partial charge in [0.05, 0.1) is 10.6 Å². The van der Waals surface area contributed by atoms with Gasteiger partial charge in [0.2, 0.25) is 0 Å². The maximum Gasteiger partial charge on any atom is 0.256 e. The quantitative estimate of drug-likeness (QED) is 0.818. The van der Waals surface area contributed by atoms with Crippen molar-refractivity contribution in [2.24, 2.45) is 5.92 Å². The lowest BCUT2D eigenvalue weighted by Crippen LogP contribution is -2.34. The molecule has 1 rings (SSSR count). The van der Waals surface area contributed by atoms with Gasteiger partial charge in [-0.3, -0.25) is 9.78 Å². The van der Waals surface area contributed by atoms with E-state index in [-0.39, 0.29) is 5.91 Å². The number of hydrogen-bond donors (Lipinski definition) is 0. The van der Waals surface area contributed by atoms with E-state index < -0.39 is 0 Å². The second-order valence-corrected chi connectivity index (χ2v) is 5.07. The average Bonchev–Trinajstić information content (AvgIpc) is 2.34. The number of aromatic nitrogens is 1. The van der Waals surface area contributed by atoms with Crippen LogP contribution in [0.5, 0.6) is 0 Å². The summed E-state index contributed by atoms with van der Waals surface area (Å²) in [5.74, 6) is 0.460. The van der Waals surface area contributed by atoms with Crippen LogP contribution < -0.4 is 0 Å². The van der Waals surface area contributed by atoms with Gasteiger partial charge < -0.3 is 4.90 Å². The molecule has 100 valence electrons. The number of carbonyl (C=O) groups excluding carboxylic acids is 1. The maximum absolute atomic E-state index is 12.4. The molecular weight excluding hydrogens is 248 g/mol. The fraction of sp³-hybridized carbons (Fsp3) is 0.571. The highest BCUT2D eigenvalue weighted by molar-refractivity contribution is 6.33. The summed E-state index contributed by atoms with van der Waals surface area (Å²) in [5, 5.41) is 0.482. The molecule has 3 nitrogen and oxygen atoms in total. The van der Waals surface area contributed by atoms with Gasteiger partial charge in [0.15, 0.2) is 0 Å². The molecule has 0 aliphatic rings. The van der Waals surface area contributed by atoms with Crippen LogP contribution in [-0.4, -0.2) is 28.9 Å². The summed E-state index contributed by atoms with van der Waals surface area (Å²) in [4.78, 5) is 18.3. The number of carbonyl (C=O) groups is 1. The largest absolute Gasteiger partial charge is 0.339 e. The Balaban J connectivity index is 2.89. The van der Waals surface area contributed by atoms with Crippen LogP contribution in [0.3, 0.4) is 0 Å². The molecule has 0 aliphatic carbocycles. The SMILES string of the molecule is CCC(C)CN(CC)C(=O)c1cnc(C)cc1Cl. The van der Waals surface area contributed by atoms with Gasteiger partial charge in [-0.05, 0) is 25.8 Å². The third-order valence-corrected chi connectivity index (χ3v) is 3.43. The van der Waals surface area contributed by atoms with Gasteiger partial charge in [-0.1, -0.05) is 31.9 Å². The first-order chi connectivity index (χ1) is 8.49. The van der Waals surface area contributed by atoms with E-state index in [1.807, 2.05) is 18.7 Å². The lowest BCUT2D eigenvalue weighted by molar-refractivity contribution is 0.0740.